The second kappa shape index (κ2) is 6.03. The number of ketones is 2. The van der Waals surface area contributed by atoms with Crippen molar-refractivity contribution < 1.29 is 19.1 Å². The van der Waals surface area contributed by atoms with E-state index in [0.717, 1.165) is 0 Å². The molecule has 4 heteroatoms. The maximum Gasteiger partial charge on any atom is 0.228 e. The SMILES string of the molecule is CCCC(=O)C(=O)c1ccc(OC)c(OC)c1. The zero-order valence-corrected chi connectivity index (χ0v) is 10.3. The average Bonchev–Trinajstić information content (AvgIpc) is 2.37. The Hall–Kier alpha value is -1.84. The Balaban J connectivity index is 2.99. The second-order valence-electron chi connectivity index (χ2n) is 3.57. The molecular weight excluding hydrogens is 220 g/mol. The molecule has 0 atom stereocenters. The summed E-state index contributed by atoms with van der Waals surface area (Å²) in [5, 5.41) is 0. The first-order valence-corrected chi connectivity index (χ1v) is 5.43. The number of carbonyl (C=O) groups is 2. The highest BCUT2D eigenvalue weighted by Gasteiger charge is 2.17. The minimum absolute atomic E-state index is 0.271. The van der Waals surface area contributed by atoms with Crippen LogP contribution in [0.2, 0.25) is 0 Å². The average molecular weight is 236 g/mol. The van der Waals surface area contributed by atoms with Crippen LogP contribution in [0.3, 0.4) is 0 Å². The van der Waals surface area contributed by atoms with E-state index in [4.69, 9.17) is 9.47 Å². The van der Waals surface area contributed by atoms with Gasteiger partial charge in [0.25, 0.3) is 0 Å². The van der Waals surface area contributed by atoms with Gasteiger partial charge in [-0.3, -0.25) is 9.59 Å². The van der Waals surface area contributed by atoms with Crippen LogP contribution in [0.1, 0.15) is 30.1 Å². The van der Waals surface area contributed by atoms with Crippen molar-refractivity contribution in [3.8, 4) is 11.5 Å². The van der Waals surface area contributed by atoms with Crippen LogP contribution in [0.4, 0.5) is 0 Å². The van der Waals surface area contributed by atoms with Gasteiger partial charge in [0.2, 0.25) is 11.6 Å². The number of rotatable bonds is 6. The van der Waals surface area contributed by atoms with Crippen LogP contribution in [0.25, 0.3) is 0 Å². The Morgan fingerprint density at radius 2 is 1.76 bits per heavy atom. The molecule has 92 valence electrons. The van der Waals surface area contributed by atoms with Gasteiger partial charge in [-0.2, -0.15) is 0 Å². The van der Waals surface area contributed by atoms with Crippen molar-refractivity contribution in [2.75, 3.05) is 14.2 Å². The number of hydrogen-bond donors (Lipinski definition) is 0. The van der Waals surface area contributed by atoms with E-state index in [-0.39, 0.29) is 12.2 Å². The van der Waals surface area contributed by atoms with E-state index in [2.05, 4.69) is 0 Å². The minimum Gasteiger partial charge on any atom is -0.493 e. The van der Waals surface area contributed by atoms with Crippen molar-refractivity contribution in [3.05, 3.63) is 23.8 Å². The first-order valence-electron chi connectivity index (χ1n) is 5.43. The summed E-state index contributed by atoms with van der Waals surface area (Å²) in [5.74, 6) is 0.127. The van der Waals surface area contributed by atoms with Crippen molar-refractivity contribution in [3.63, 3.8) is 0 Å². The molecule has 0 aromatic heterocycles. The normalized spacial score (nSPS) is 9.82. The second-order valence-corrected chi connectivity index (χ2v) is 3.57. The molecule has 0 saturated carbocycles. The van der Waals surface area contributed by atoms with Gasteiger partial charge in [-0.25, -0.2) is 0 Å². The summed E-state index contributed by atoms with van der Waals surface area (Å²) in [4.78, 5) is 23.2. The number of carbonyl (C=O) groups excluding carboxylic acids is 2. The first kappa shape index (κ1) is 13.2. The largest absolute Gasteiger partial charge is 0.493 e. The molecule has 0 N–H and O–H groups in total. The molecule has 0 radical (unpaired) electrons. The fourth-order valence-corrected chi connectivity index (χ4v) is 1.48. The van der Waals surface area contributed by atoms with E-state index in [1.807, 2.05) is 6.92 Å². The zero-order chi connectivity index (χ0) is 12.8. The van der Waals surface area contributed by atoms with E-state index in [0.29, 0.717) is 23.5 Å². The monoisotopic (exact) mass is 236 g/mol. The van der Waals surface area contributed by atoms with Gasteiger partial charge in [0, 0.05) is 12.0 Å². The van der Waals surface area contributed by atoms with Crippen LogP contribution in [-0.4, -0.2) is 25.8 Å². The molecule has 0 aliphatic rings. The van der Waals surface area contributed by atoms with E-state index in [1.165, 1.54) is 20.3 Å². The lowest BCUT2D eigenvalue weighted by Crippen LogP contribution is -2.13. The molecule has 0 spiro atoms. The molecule has 0 heterocycles. The molecule has 0 fully saturated rings. The summed E-state index contributed by atoms with van der Waals surface area (Å²) in [6, 6.07) is 4.71. The summed E-state index contributed by atoms with van der Waals surface area (Å²) in [6.07, 6.45) is 0.936. The molecule has 1 aromatic carbocycles. The Bertz CT molecular complexity index is 423. The zero-order valence-electron chi connectivity index (χ0n) is 10.3. The molecule has 0 aliphatic heterocycles. The van der Waals surface area contributed by atoms with Gasteiger partial charge >= 0.3 is 0 Å². The summed E-state index contributed by atoms with van der Waals surface area (Å²) in [7, 11) is 3.00. The van der Waals surface area contributed by atoms with E-state index >= 15 is 0 Å². The van der Waals surface area contributed by atoms with Gasteiger partial charge in [-0.15, -0.1) is 0 Å². The molecule has 0 unspecified atom stereocenters. The number of methoxy groups -OCH3 is 2. The summed E-state index contributed by atoms with van der Waals surface area (Å²) in [6.45, 7) is 1.86. The molecule has 4 nitrogen and oxygen atoms in total. The third-order valence-electron chi connectivity index (χ3n) is 2.38. The molecule has 0 bridgehead atoms. The standard InChI is InChI=1S/C13H16O4/c1-4-5-10(14)13(15)9-6-7-11(16-2)12(8-9)17-3/h6-8H,4-5H2,1-3H3. The predicted octanol–water partition coefficient (Wildman–Crippen LogP) is 2.26. The number of ether oxygens (including phenoxy) is 2. The highest BCUT2D eigenvalue weighted by atomic mass is 16.5. The van der Waals surface area contributed by atoms with Gasteiger partial charge in [-0.1, -0.05) is 6.92 Å². The molecule has 0 saturated heterocycles. The Morgan fingerprint density at radius 3 is 2.29 bits per heavy atom. The van der Waals surface area contributed by atoms with Gasteiger partial charge in [0.1, 0.15) is 0 Å². The molecule has 1 rings (SSSR count). The smallest absolute Gasteiger partial charge is 0.228 e. The van der Waals surface area contributed by atoms with Crippen LogP contribution < -0.4 is 9.47 Å². The molecule has 1 aromatic rings. The van der Waals surface area contributed by atoms with Crippen LogP contribution in [0.5, 0.6) is 11.5 Å². The summed E-state index contributed by atoms with van der Waals surface area (Å²) >= 11 is 0. The Kier molecular flexibility index (Phi) is 4.69. The lowest BCUT2D eigenvalue weighted by atomic mass is 10.0. The van der Waals surface area contributed by atoms with Crippen LogP contribution >= 0.6 is 0 Å². The van der Waals surface area contributed by atoms with Crippen LogP contribution in [0.15, 0.2) is 18.2 Å². The van der Waals surface area contributed by atoms with Crippen molar-refractivity contribution in [1.82, 2.24) is 0 Å². The number of benzene rings is 1. The fourth-order valence-electron chi connectivity index (χ4n) is 1.48. The topological polar surface area (TPSA) is 52.6 Å². The quantitative estimate of drug-likeness (QED) is 0.561. The lowest BCUT2D eigenvalue weighted by molar-refractivity contribution is -0.115. The lowest BCUT2D eigenvalue weighted by Gasteiger charge is -2.08. The van der Waals surface area contributed by atoms with Gasteiger partial charge in [0.05, 0.1) is 14.2 Å². The van der Waals surface area contributed by atoms with E-state index in [9.17, 15) is 9.59 Å². The first-order chi connectivity index (χ1) is 8.13. The third-order valence-corrected chi connectivity index (χ3v) is 2.38. The molecular formula is C13H16O4. The van der Waals surface area contributed by atoms with Crippen LogP contribution in [0, 0.1) is 0 Å². The maximum atomic E-state index is 11.8. The Morgan fingerprint density at radius 1 is 1.12 bits per heavy atom. The summed E-state index contributed by atoms with van der Waals surface area (Å²) < 4.78 is 10.1. The summed E-state index contributed by atoms with van der Waals surface area (Å²) in [5.41, 5.74) is 0.334. The van der Waals surface area contributed by atoms with Gasteiger partial charge in [-0.05, 0) is 24.6 Å². The molecule has 0 amide bonds. The molecule has 0 aliphatic carbocycles. The van der Waals surface area contributed by atoms with Gasteiger partial charge < -0.3 is 9.47 Å². The third kappa shape index (κ3) is 3.06. The van der Waals surface area contributed by atoms with Crippen molar-refractivity contribution in [1.29, 1.82) is 0 Å². The van der Waals surface area contributed by atoms with Crippen molar-refractivity contribution in [2.24, 2.45) is 0 Å². The number of hydrogen-bond acceptors (Lipinski definition) is 4. The van der Waals surface area contributed by atoms with E-state index < -0.39 is 5.78 Å². The number of Topliss-reactive ketones (excluding diaryl/α,β-unsaturated/α-hetero) is 2. The fraction of sp³-hybridized carbons (Fsp3) is 0.385. The Labute approximate surface area is 101 Å². The molecule has 17 heavy (non-hydrogen) atoms. The highest BCUT2D eigenvalue weighted by molar-refractivity contribution is 6.43. The van der Waals surface area contributed by atoms with Gasteiger partial charge in [0.15, 0.2) is 11.5 Å². The highest BCUT2D eigenvalue weighted by Crippen LogP contribution is 2.27. The van der Waals surface area contributed by atoms with E-state index in [1.54, 1.807) is 12.1 Å². The van der Waals surface area contributed by atoms with Crippen LogP contribution in [-0.2, 0) is 4.79 Å². The maximum absolute atomic E-state index is 11.8. The van der Waals surface area contributed by atoms with Crippen molar-refractivity contribution >= 4 is 11.6 Å². The van der Waals surface area contributed by atoms with Crippen molar-refractivity contribution in [2.45, 2.75) is 19.8 Å². The minimum atomic E-state index is -0.479. The predicted molar refractivity (Wildman–Crippen MR) is 63.8 cm³/mol.